The first-order chi connectivity index (χ1) is 8.31. The summed E-state index contributed by atoms with van der Waals surface area (Å²) in [6, 6.07) is 6.98. The van der Waals surface area contributed by atoms with E-state index in [1.165, 1.54) is 0 Å². The van der Waals surface area contributed by atoms with Crippen LogP contribution in [0.2, 0.25) is 0 Å². The van der Waals surface area contributed by atoms with Gasteiger partial charge in [-0.1, -0.05) is 0 Å². The van der Waals surface area contributed by atoms with E-state index < -0.39 is 5.97 Å². The highest BCUT2D eigenvalue weighted by Crippen LogP contribution is 2.14. The standard InChI is InChI=1S/C12H11N3O2/c1-2-17-12(16)11-4-3-10(14-15-11)9-5-7-13-8-6-9/h3-8H,2H2,1H3. The van der Waals surface area contributed by atoms with Crippen LogP contribution in [-0.4, -0.2) is 27.8 Å². The topological polar surface area (TPSA) is 65.0 Å². The van der Waals surface area contributed by atoms with Gasteiger partial charge in [0.2, 0.25) is 0 Å². The molecule has 2 rings (SSSR count). The highest BCUT2D eigenvalue weighted by molar-refractivity contribution is 5.87. The van der Waals surface area contributed by atoms with Crippen molar-refractivity contribution < 1.29 is 9.53 Å². The third-order valence-electron chi connectivity index (χ3n) is 2.13. The van der Waals surface area contributed by atoms with Crippen molar-refractivity contribution in [2.24, 2.45) is 0 Å². The van der Waals surface area contributed by atoms with Gasteiger partial charge in [0.25, 0.3) is 0 Å². The molecule has 0 aliphatic heterocycles. The fourth-order valence-corrected chi connectivity index (χ4v) is 1.32. The number of carbonyl (C=O) groups excluding carboxylic acids is 1. The lowest BCUT2D eigenvalue weighted by atomic mass is 10.2. The number of hydrogen-bond acceptors (Lipinski definition) is 5. The number of aromatic nitrogens is 3. The number of rotatable bonds is 3. The third kappa shape index (κ3) is 2.63. The van der Waals surface area contributed by atoms with Crippen molar-refractivity contribution in [3.63, 3.8) is 0 Å². The Bertz CT molecular complexity index is 497. The van der Waals surface area contributed by atoms with Gasteiger partial charge in [-0.2, -0.15) is 0 Å². The maximum absolute atomic E-state index is 11.4. The van der Waals surface area contributed by atoms with Crippen LogP contribution in [0.4, 0.5) is 0 Å². The number of carbonyl (C=O) groups is 1. The van der Waals surface area contributed by atoms with Crippen LogP contribution in [0.3, 0.4) is 0 Å². The first kappa shape index (κ1) is 11.2. The number of ether oxygens (including phenoxy) is 1. The van der Waals surface area contributed by atoms with E-state index in [0.717, 1.165) is 5.56 Å². The lowest BCUT2D eigenvalue weighted by Gasteiger charge is -2.01. The molecule has 0 N–H and O–H groups in total. The van der Waals surface area contributed by atoms with Crippen molar-refractivity contribution in [2.45, 2.75) is 6.92 Å². The van der Waals surface area contributed by atoms with Gasteiger partial charge in [0.1, 0.15) is 0 Å². The highest BCUT2D eigenvalue weighted by Gasteiger charge is 2.09. The molecule has 5 nitrogen and oxygen atoms in total. The Morgan fingerprint density at radius 1 is 1.18 bits per heavy atom. The van der Waals surface area contributed by atoms with E-state index in [9.17, 15) is 4.79 Å². The van der Waals surface area contributed by atoms with Gasteiger partial charge in [-0.15, -0.1) is 10.2 Å². The summed E-state index contributed by atoms with van der Waals surface area (Å²) in [6.45, 7) is 2.07. The fourth-order valence-electron chi connectivity index (χ4n) is 1.32. The maximum Gasteiger partial charge on any atom is 0.358 e. The van der Waals surface area contributed by atoms with Gasteiger partial charge in [0, 0.05) is 18.0 Å². The van der Waals surface area contributed by atoms with Crippen molar-refractivity contribution in [2.75, 3.05) is 6.61 Å². The molecule has 86 valence electrons. The van der Waals surface area contributed by atoms with Gasteiger partial charge >= 0.3 is 5.97 Å². The number of esters is 1. The molecular formula is C12H11N3O2. The molecule has 0 spiro atoms. The molecule has 0 amide bonds. The summed E-state index contributed by atoms with van der Waals surface area (Å²) in [6.07, 6.45) is 3.35. The second-order valence-electron chi connectivity index (χ2n) is 3.26. The summed E-state index contributed by atoms with van der Waals surface area (Å²) >= 11 is 0. The molecule has 0 fully saturated rings. The van der Waals surface area contributed by atoms with Gasteiger partial charge < -0.3 is 4.74 Å². The van der Waals surface area contributed by atoms with Crippen LogP contribution in [0.25, 0.3) is 11.3 Å². The predicted molar refractivity (Wildman–Crippen MR) is 61.2 cm³/mol. The Balaban J connectivity index is 2.22. The molecule has 0 aliphatic carbocycles. The smallest absolute Gasteiger partial charge is 0.358 e. The molecule has 0 aliphatic rings. The minimum absolute atomic E-state index is 0.213. The van der Waals surface area contributed by atoms with Crippen LogP contribution < -0.4 is 0 Å². The largest absolute Gasteiger partial charge is 0.461 e. The second-order valence-corrected chi connectivity index (χ2v) is 3.26. The normalized spacial score (nSPS) is 9.94. The third-order valence-corrected chi connectivity index (χ3v) is 2.13. The molecule has 0 bridgehead atoms. The summed E-state index contributed by atoms with van der Waals surface area (Å²) in [5.74, 6) is -0.457. The van der Waals surface area contributed by atoms with E-state index in [-0.39, 0.29) is 5.69 Å². The molecule has 2 heterocycles. The SMILES string of the molecule is CCOC(=O)c1ccc(-c2ccncc2)nn1. The van der Waals surface area contributed by atoms with Gasteiger partial charge in [0.05, 0.1) is 12.3 Å². The molecule has 0 unspecified atom stereocenters. The van der Waals surface area contributed by atoms with E-state index in [2.05, 4.69) is 15.2 Å². The zero-order chi connectivity index (χ0) is 12.1. The van der Waals surface area contributed by atoms with Gasteiger partial charge in [-0.05, 0) is 31.2 Å². The van der Waals surface area contributed by atoms with E-state index in [1.807, 2.05) is 12.1 Å². The summed E-state index contributed by atoms with van der Waals surface area (Å²) < 4.78 is 4.82. The quantitative estimate of drug-likeness (QED) is 0.750. The van der Waals surface area contributed by atoms with Crippen molar-refractivity contribution in [3.05, 3.63) is 42.4 Å². The monoisotopic (exact) mass is 229 g/mol. The van der Waals surface area contributed by atoms with E-state index in [4.69, 9.17) is 4.74 Å². The van der Waals surface area contributed by atoms with Crippen molar-refractivity contribution in [1.29, 1.82) is 0 Å². The average Bonchev–Trinajstić information content (AvgIpc) is 2.40. The van der Waals surface area contributed by atoms with E-state index >= 15 is 0 Å². The molecule has 17 heavy (non-hydrogen) atoms. The van der Waals surface area contributed by atoms with Crippen LogP contribution in [0, 0.1) is 0 Å². The van der Waals surface area contributed by atoms with E-state index in [0.29, 0.717) is 12.3 Å². The van der Waals surface area contributed by atoms with Crippen LogP contribution in [-0.2, 0) is 4.74 Å². The highest BCUT2D eigenvalue weighted by atomic mass is 16.5. The van der Waals surface area contributed by atoms with Crippen LogP contribution >= 0.6 is 0 Å². The Hall–Kier alpha value is -2.30. The molecule has 0 saturated carbocycles. The Kier molecular flexibility index (Phi) is 3.40. The zero-order valence-electron chi connectivity index (χ0n) is 9.33. The van der Waals surface area contributed by atoms with E-state index in [1.54, 1.807) is 31.5 Å². The molecule has 0 radical (unpaired) electrons. The Labute approximate surface area is 98.5 Å². The van der Waals surface area contributed by atoms with Crippen LogP contribution in [0.5, 0.6) is 0 Å². The summed E-state index contributed by atoms with van der Waals surface area (Å²) in [7, 11) is 0. The molecule has 2 aromatic rings. The lowest BCUT2D eigenvalue weighted by molar-refractivity contribution is 0.0518. The summed E-state index contributed by atoms with van der Waals surface area (Å²) in [5, 5.41) is 7.80. The first-order valence-electron chi connectivity index (χ1n) is 5.22. The van der Waals surface area contributed by atoms with Crippen molar-refractivity contribution in [1.82, 2.24) is 15.2 Å². The number of nitrogens with zero attached hydrogens (tertiary/aromatic N) is 3. The Morgan fingerprint density at radius 3 is 2.53 bits per heavy atom. The van der Waals surface area contributed by atoms with Crippen molar-refractivity contribution >= 4 is 5.97 Å². The second kappa shape index (κ2) is 5.16. The molecule has 0 saturated heterocycles. The van der Waals surface area contributed by atoms with Crippen LogP contribution in [0.15, 0.2) is 36.7 Å². The summed E-state index contributed by atoms with van der Waals surface area (Å²) in [4.78, 5) is 15.3. The average molecular weight is 229 g/mol. The number of pyridine rings is 1. The first-order valence-corrected chi connectivity index (χ1v) is 5.22. The summed E-state index contributed by atoms with van der Waals surface area (Å²) in [5.41, 5.74) is 1.81. The van der Waals surface area contributed by atoms with Gasteiger partial charge in [0.15, 0.2) is 5.69 Å². The Morgan fingerprint density at radius 2 is 1.94 bits per heavy atom. The van der Waals surface area contributed by atoms with Crippen molar-refractivity contribution in [3.8, 4) is 11.3 Å². The molecule has 5 heteroatoms. The minimum Gasteiger partial charge on any atom is -0.461 e. The zero-order valence-corrected chi connectivity index (χ0v) is 9.33. The lowest BCUT2D eigenvalue weighted by Crippen LogP contribution is -2.08. The maximum atomic E-state index is 11.4. The molecule has 0 atom stereocenters. The molecule has 2 aromatic heterocycles. The van der Waals surface area contributed by atoms with Crippen LogP contribution in [0.1, 0.15) is 17.4 Å². The van der Waals surface area contributed by atoms with Gasteiger partial charge in [-0.25, -0.2) is 4.79 Å². The fraction of sp³-hybridized carbons (Fsp3) is 0.167. The minimum atomic E-state index is -0.457. The molecule has 0 aromatic carbocycles. The number of hydrogen-bond donors (Lipinski definition) is 0. The predicted octanol–water partition coefficient (Wildman–Crippen LogP) is 1.72. The molecular weight excluding hydrogens is 218 g/mol. The van der Waals surface area contributed by atoms with Gasteiger partial charge in [-0.3, -0.25) is 4.98 Å².